The third-order valence-electron chi connectivity index (χ3n) is 4.30. The summed E-state index contributed by atoms with van der Waals surface area (Å²) in [5, 5.41) is 0.533. The first kappa shape index (κ1) is 24.8. The molecule has 1 aromatic carbocycles. The lowest BCUT2D eigenvalue weighted by Gasteiger charge is -2.06. The number of aromatic nitrogens is 5. The van der Waals surface area contributed by atoms with Gasteiger partial charge in [-0.2, -0.15) is 0 Å². The van der Waals surface area contributed by atoms with E-state index in [0.717, 1.165) is 0 Å². The summed E-state index contributed by atoms with van der Waals surface area (Å²) in [6, 6.07) is 6.01. The minimum Gasteiger partial charge on any atom is -0.497 e. The highest BCUT2D eigenvalue weighted by molar-refractivity contribution is 7.92. The molecular weight excluding hydrogens is 513 g/mol. The molecule has 0 aliphatic heterocycles. The molecule has 174 valence electrons. The number of hydrogen-bond acceptors (Lipinski definition) is 9. The molecule has 4 rings (SSSR count). The maximum absolute atomic E-state index is 12.9. The van der Waals surface area contributed by atoms with Gasteiger partial charge in [0.25, 0.3) is 0 Å². The van der Waals surface area contributed by atoms with Gasteiger partial charge in [0.05, 0.1) is 12.0 Å². The normalized spacial score (nSPS) is 11.2. The van der Waals surface area contributed by atoms with E-state index in [2.05, 4.69) is 24.9 Å². The van der Waals surface area contributed by atoms with E-state index in [1.54, 1.807) is 26.0 Å². The lowest BCUT2D eigenvalue weighted by Crippen LogP contribution is -2.05. The molecule has 3 aromatic heterocycles. The zero-order valence-electron chi connectivity index (χ0n) is 17.5. The fraction of sp³-hybridized carbons (Fsp3) is 0.158. The minimum atomic E-state index is -3.87. The van der Waals surface area contributed by atoms with E-state index in [-0.39, 0.29) is 42.3 Å². The van der Waals surface area contributed by atoms with E-state index in [9.17, 15) is 8.42 Å². The molecule has 0 atom stereocenters. The quantitative estimate of drug-likeness (QED) is 0.332. The summed E-state index contributed by atoms with van der Waals surface area (Å²) < 4.78 is 30.8. The fourth-order valence-corrected chi connectivity index (χ4v) is 5.00. The molecular formula is C19H18Cl3N7O3S. The average Bonchev–Trinajstić information content (AvgIpc) is 3.09. The molecule has 0 aliphatic carbocycles. The Morgan fingerprint density at radius 3 is 1.94 bits per heavy atom. The molecule has 0 aliphatic rings. The zero-order valence-corrected chi connectivity index (χ0v) is 20.6. The zero-order chi connectivity index (χ0) is 24.5. The number of nitrogen functional groups attached to an aromatic ring is 2. The van der Waals surface area contributed by atoms with E-state index < -0.39 is 9.84 Å². The van der Waals surface area contributed by atoms with Crippen LogP contribution in [0.2, 0.25) is 15.5 Å². The monoisotopic (exact) mass is 529 g/mol. The van der Waals surface area contributed by atoms with Crippen LogP contribution in [0.15, 0.2) is 34.1 Å². The average molecular weight is 531 g/mol. The molecule has 0 saturated heterocycles. The van der Waals surface area contributed by atoms with Crippen molar-refractivity contribution in [2.24, 2.45) is 0 Å². The second-order valence-corrected chi connectivity index (χ2v) is 9.56. The number of rotatable bonds is 3. The number of methoxy groups -OCH3 is 1. The van der Waals surface area contributed by atoms with Crippen molar-refractivity contribution in [1.82, 2.24) is 24.9 Å². The van der Waals surface area contributed by atoms with Crippen molar-refractivity contribution in [3.63, 3.8) is 0 Å². The molecule has 0 unspecified atom stereocenters. The first-order valence-electron chi connectivity index (χ1n) is 9.11. The highest BCUT2D eigenvalue weighted by atomic mass is 35.5. The van der Waals surface area contributed by atoms with Gasteiger partial charge in [-0.3, -0.25) is 0 Å². The van der Waals surface area contributed by atoms with Crippen LogP contribution < -0.4 is 16.2 Å². The van der Waals surface area contributed by atoms with Gasteiger partial charge < -0.3 is 21.2 Å². The number of nitrogens with zero attached hydrogens (tertiary/aromatic N) is 4. The van der Waals surface area contributed by atoms with Crippen molar-refractivity contribution < 1.29 is 13.2 Å². The third kappa shape index (κ3) is 5.06. The number of benzene rings is 1. The molecule has 14 heteroatoms. The Labute approximate surface area is 204 Å². The summed E-state index contributed by atoms with van der Waals surface area (Å²) in [5.74, 6) is 1.39. The standard InChI is InChI=1S/C14H13ClN4O3S.C5H5Cl2N3/c1-7-17-10-11(13(15)18-7)19-14(16)12(10)23(20,21)9-5-3-8(22-2)4-6-9;1-2-9-4(6)3(8)5(7)10-2/h3-6,19H,16H2,1-2H3;8H2,1H3. The van der Waals surface area contributed by atoms with Crippen molar-refractivity contribution in [1.29, 1.82) is 0 Å². The molecule has 0 amide bonds. The lowest BCUT2D eigenvalue weighted by molar-refractivity contribution is 0.414. The van der Waals surface area contributed by atoms with Crippen LogP contribution in [0.5, 0.6) is 5.75 Å². The van der Waals surface area contributed by atoms with Gasteiger partial charge in [0.15, 0.2) is 15.5 Å². The molecule has 0 spiro atoms. The minimum absolute atomic E-state index is 0.0300. The van der Waals surface area contributed by atoms with Gasteiger partial charge in [0, 0.05) is 0 Å². The largest absolute Gasteiger partial charge is 0.497 e. The molecule has 0 bridgehead atoms. The van der Waals surface area contributed by atoms with Crippen molar-refractivity contribution in [3.8, 4) is 5.75 Å². The van der Waals surface area contributed by atoms with Crippen molar-refractivity contribution in [2.75, 3.05) is 18.6 Å². The Morgan fingerprint density at radius 2 is 1.39 bits per heavy atom. The van der Waals surface area contributed by atoms with Crippen LogP contribution in [0.4, 0.5) is 11.5 Å². The number of fused-ring (bicyclic) bond motifs is 1. The van der Waals surface area contributed by atoms with Gasteiger partial charge in [-0.05, 0) is 38.1 Å². The van der Waals surface area contributed by atoms with Crippen LogP contribution in [-0.4, -0.2) is 40.4 Å². The highest BCUT2D eigenvalue weighted by Gasteiger charge is 2.28. The summed E-state index contributed by atoms with van der Waals surface area (Å²) in [7, 11) is -2.37. The Hall–Kier alpha value is -2.86. The van der Waals surface area contributed by atoms with Gasteiger partial charge >= 0.3 is 0 Å². The molecule has 4 aromatic rings. The Balaban J connectivity index is 0.000000257. The number of nitrogens with two attached hydrogens (primary N) is 2. The summed E-state index contributed by atoms with van der Waals surface area (Å²) in [4.78, 5) is 18.4. The second kappa shape index (κ2) is 9.56. The number of sulfone groups is 1. The number of aromatic amines is 1. The van der Waals surface area contributed by atoms with Crippen molar-refractivity contribution in [3.05, 3.63) is 51.4 Å². The smallest absolute Gasteiger partial charge is 0.212 e. The van der Waals surface area contributed by atoms with Gasteiger partial charge in [-0.1, -0.05) is 34.8 Å². The second-order valence-electron chi connectivity index (χ2n) is 6.60. The Kier molecular flexibility index (Phi) is 7.17. The van der Waals surface area contributed by atoms with Crippen LogP contribution in [-0.2, 0) is 9.84 Å². The van der Waals surface area contributed by atoms with Gasteiger partial charge in [0.1, 0.15) is 44.8 Å². The number of hydrogen-bond donors (Lipinski definition) is 3. The number of ether oxygens (including phenoxy) is 1. The van der Waals surface area contributed by atoms with E-state index in [0.29, 0.717) is 22.9 Å². The molecule has 0 radical (unpaired) electrons. The molecule has 0 saturated carbocycles. The molecule has 0 fully saturated rings. The van der Waals surface area contributed by atoms with Gasteiger partial charge in [-0.25, -0.2) is 28.4 Å². The van der Waals surface area contributed by atoms with Crippen LogP contribution in [0, 0.1) is 13.8 Å². The number of anilines is 2. The van der Waals surface area contributed by atoms with Gasteiger partial charge in [-0.15, -0.1) is 0 Å². The van der Waals surface area contributed by atoms with E-state index in [1.807, 2.05) is 0 Å². The van der Waals surface area contributed by atoms with Crippen LogP contribution in [0.3, 0.4) is 0 Å². The van der Waals surface area contributed by atoms with Crippen LogP contribution in [0.25, 0.3) is 11.0 Å². The fourth-order valence-electron chi connectivity index (χ4n) is 2.79. The number of H-pyrrole nitrogens is 1. The van der Waals surface area contributed by atoms with E-state index in [4.69, 9.17) is 51.0 Å². The highest BCUT2D eigenvalue weighted by Crippen LogP contribution is 2.34. The van der Waals surface area contributed by atoms with Crippen molar-refractivity contribution in [2.45, 2.75) is 23.6 Å². The van der Waals surface area contributed by atoms with Crippen LogP contribution in [0.1, 0.15) is 11.6 Å². The summed E-state index contributed by atoms with van der Waals surface area (Å²) in [6.07, 6.45) is 0. The number of halogens is 3. The Bertz CT molecular complexity index is 1420. The van der Waals surface area contributed by atoms with E-state index in [1.165, 1.54) is 19.2 Å². The predicted molar refractivity (Wildman–Crippen MR) is 128 cm³/mol. The van der Waals surface area contributed by atoms with E-state index >= 15 is 0 Å². The first-order valence-corrected chi connectivity index (χ1v) is 11.7. The van der Waals surface area contributed by atoms with Gasteiger partial charge in [0.2, 0.25) is 9.84 Å². The summed E-state index contributed by atoms with van der Waals surface area (Å²) in [6.45, 7) is 3.31. The molecule has 10 nitrogen and oxygen atoms in total. The predicted octanol–water partition coefficient (Wildman–Crippen LogP) is 4.02. The maximum atomic E-state index is 12.9. The van der Waals surface area contributed by atoms with Crippen molar-refractivity contribution >= 4 is 67.2 Å². The first-order chi connectivity index (χ1) is 15.4. The summed E-state index contributed by atoms with van der Waals surface area (Å²) in [5.41, 5.74) is 11.9. The topological polar surface area (TPSA) is 163 Å². The van der Waals surface area contributed by atoms with Crippen LogP contribution >= 0.6 is 34.8 Å². The molecule has 33 heavy (non-hydrogen) atoms. The lowest BCUT2D eigenvalue weighted by atomic mass is 10.3. The molecule has 3 heterocycles. The SMILES string of the molecule is COc1ccc(S(=O)(=O)c2c(N)[nH]c3c(Cl)nc(C)nc23)cc1.Cc1nc(Cl)c(N)c(Cl)n1. The number of aryl methyl sites for hydroxylation is 2. The molecule has 5 N–H and O–H groups in total. The third-order valence-corrected chi connectivity index (χ3v) is 6.99. The summed E-state index contributed by atoms with van der Waals surface area (Å²) >= 11 is 17.2. The number of nitrogens with one attached hydrogen (secondary N) is 1. The maximum Gasteiger partial charge on any atom is 0.212 e. The Morgan fingerprint density at radius 1 is 0.879 bits per heavy atom.